The Bertz CT molecular complexity index is 812. The van der Waals surface area contributed by atoms with E-state index in [-0.39, 0.29) is 25.0 Å². The van der Waals surface area contributed by atoms with Crippen LogP contribution in [0.3, 0.4) is 0 Å². The lowest BCUT2D eigenvalue weighted by Crippen LogP contribution is -2.42. The number of aromatic nitrogens is 2. The Morgan fingerprint density at radius 3 is 2.73 bits per heavy atom. The maximum Gasteiger partial charge on any atom is 0.290 e. The maximum absolute atomic E-state index is 9.94. The first-order valence-electron chi connectivity index (χ1n) is 10.8. The van der Waals surface area contributed by atoms with Gasteiger partial charge in [0.25, 0.3) is 12.9 Å². The van der Waals surface area contributed by atoms with Crippen molar-refractivity contribution < 1.29 is 34.4 Å². The molecule has 2 aliphatic rings. The number of aliphatic hydroxyl groups is 1. The van der Waals surface area contributed by atoms with Gasteiger partial charge in [-0.1, -0.05) is 12.1 Å². The standard InChI is InChI=1S/C21H29N3O3.2CH2O2/c25-15-21-14-24(13-19(21)5-10-26-16-21)12-18-3-1-4-20(11-18)27-9-2-7-23-8-6-22-17-23;2*2-1-3/h1,3-4,6,8,11,17,19,25H,2,5,7,9-10,12-16H2;2*1H,(H,2,3)/t19-,21+;;/m0../s1. The van der Waals surface area contributed by atoms with Gasteiger partial charge in [0.2, 0.25) is 0 Å². The topological polar surface area (TPSA) is 134 Å². The summed E-state index contributed by atoms with van der Waals surface area (Å²) in [6, 6.07) is 8.38. The van der Waals surface area contributed by atoms with Gasteiger partial charge < -0.3 is 29.4 Å². The molecule has 0 unspecified atom stereocenters. The normalized spacial score (nSPS) is 21.5. The van der Waals surface area contributed by atoms with E-state index >= 15 is 0 Å². The minimum atomic E-state index is -0.250. The van der Waals surface area contributed by atoms with E-state index in [1.54, 1.807) is 6.20 Å². The van der Waals surface area contributed by atoms with Gasteiger partial charge in [-0.25, -0.2) is 4.98 Å². The molecule has 3 N–H and O–H groups in total. The number of carbonyl (C=O) groups is 2. The Balaban J connectivity index is 0.000000582. The maximum atomic E-state index is 9.94. The Morgan fingerprint density at radius 1 is 1.27 bits per heavy atom. The lowest BCUT2D eigenvalue weighted by atomic mass is 9.76. The van der Waals surface area contributed by atoms with Crippen LogP contribution in [0.25, 0.3) is 0 Å². The highest BCUT2D eigenvalue weighted by Gasteiger charge is 2.47. The van der Waals surface area contributed by atoms with Crippen molar-refractivity contribution in [2.24, 2.45) is 11.3 Å². The zero-order chi connectivity index (χ0) is 23.9. The summed E-state index contributed by atoms with van der Waals surface area (Å²) in [5.74, 6) is 1.47. The molecule has 0 bridgehead atoms. The van der Waals surface area contributed by atoms with Crippen molar-refractivity contribution in [3.8, 4) is 5.75 Å². The first kappa shape index (κ1) is 26.3. The minimum Gasteiger partial charge on any atom is -0.494 e. The summed E-state index contributed by atoms with van der Waals surface area (Å²) in [5.41, 5.74) is 1.19. The summed E-state index contributed by atoms with van der Waals surface area (Å²) in [4.78, 5) is 23.2. The third kappa shape index (κ3) is 8.16. The van der Waals surface area contributed by atoms with Gasteiger partial charge in [0.1, 0.15) is 5.75 Å². The largest absolute Gasteiger partial charge is 0.494 e. The molecular weight excluding hydrogens is 430 g/mol. The smallest absolute Gasteiger partial charge is 0.290 e. The SMILES string of the molecule is O=CO.O=CO.OC[C@]12COCC[C@H]1CN(Cc1cccc(OCCCn3ccnc3)c1)C2. The number of aryl methyl sites for hydroxylation is 1. The number of aliphatic hydroxyl groups excluding tert-OH is 1. The third-order valence-corrected chi connectivity index (χ3v) is 5.89. The fourth-order valence-electron chi connectivity index (χ4n) is 4.40. The van der Waals surface area contributed by atoms with E-state index in [9.17, 15) is 5.11 Å². The first-order valence-corrected chi connectivity index (χ1v) is 10.8. The molecule has 1 aromatic heterocycles. The highest BCUT2D eigenvalue weighted by atomic mass is 16.5. The van der Waals surface area contributed by atoms with E-state index < -0.39 is 0 Å². The number of imidazole rings is 1. The van der Waals surface area contributed by atoms with Gasteiger partial charge in [-0.15, -0.1) is 0 Å². The third-order valence-electron chi connectivity index (χ3n) is 5.89. The number of rotatable bonds is 8. The van der Waals surface area contributed by atoms with Gasteiger partial charge in [-0.2, -0.15) is 0 Å². The number of benzene rings is 1. The van der Waals surface area contributed by atoms with Crippen LogP contribution in [-0.2, 0) is 27.4 Å². The van der Waals surface area contributed by atoms with Crippen LogP contribution in [0, 0.1) is 11.3 Å². The molecule has 0 saturated carbocycles. The highest BCUT2D eigenvalue weighted by Crippen LogP contribution is 2.41. The molecule has 2 aromatic rings. The summed E-state index contributed by atoms with van der Waals surface area (Å²) in [6.07, 6.45) is 7.60. The Hall–Kier alpha value is -2.95. The summed E-state index contributed by atoms with van der Waals surface area (Å²) in [6.45, 7) is 5.68. The molecule has 1 aromatic carbocycles. The molecule has 33 heavy (non-hydrogen) atoms. The Kier molecular flexibility index (Phi) is 11.4. The quantitative estimate of drug-likeness (QED) is 0.394. The van der Waals surface area contributed by atoms with E-state index in [0.717, 1.165) is 51.4 Å². The number of ether oxygens (including phenoxy) is 2. The molecule has 0 radical (unpaired) electrons. The van der Waals surface area contributed by atoms with Crippen molar-refractivity contribution in [3.63, 3.8) is 0 Å². The van der Waals surface area contributed by atoms with E-state index in [2.05, 4.69) is 32.7 Å². The minimum absolute atomic E-state index is 0.0698. The van der Waals surface area contributed by atoms with Crippen molar-refractivity contribution >= 4 is 12.9 Å². The van der Waals surface area contributed by atoms with Crippen molar-refractivity contribution in [1.82, 2.24) is 14.5 Å². The van der Waals surface area contributed by atoms with Crippen molar-refractivity contribution in [2.45, 2.75) is 25.9 Å². The molecule has 3 heterocycles. The van der Waals surface area contributed by atoms with Crippen LogP contribution in [0.4, 0.5) is 0 Å². The summed E-state index contributed by atoms with van der Waals surface area (Å²) in [7, 11) is 0. The molecule has 0 spiro atoms. The average Bonchev–Trinajstić information content (AvgIpc) is 3.46. The van der Waals surface area contributed by atoms with Crippen LogP contribution in [0.2, 0.25) is 0 Å². The fraction of sp³-hybridized carbons (Fsp3) is 0.522. The number of fused-ring (bicyclic) bond motifs is 1. The molecular formula is C23H33N3O7. The average molecular weight is 464 g/mol. The highest BCUT2D eigenvalue weighted by molar-refractivity contribution is 5.33. The predicted molar refractivity (Wildman–Crippen MR) is 120 cm³/mol. The van der Waals surface area contributed by atoms with Crippen molar-refractivity contribution in [1.29, 1.82) is 0 Å². The van der Waals surface area contributed by atoms with Crippen molar-refractivity contribution in [3.05, 3.63) is 48.5 Å². The number of hydrogen-bond acceptors (Lipinski definition) is 7. The molecule has 0 aliphatic carbocycles. The molecule has 182 valence electrons. The molecule has 10 nitrogen and oxygen atoms in total. The zero-order valence-electron chi connectivity index (χ0n) is 18.7. The first-order chi connectivity index (χ1) is 16.1. The number of carboxylic acid groups (broad SMARTS) is 2. The van der Waals surface area contributed by atoms with Gasteiger partial charge in [0, 0.05) is 50.6 Å². The molecule has 2 atom stereocenters. The Labute approximate surface area is 193 Å². The van der Waals surface area contributed by atoms with E-state index in [4.69, 9.17) is 29.3 Å². The second kappa shape index (κ2) is 14.2. The number of nitrogens with zero attached hydrogens (tertiary/aromatic N) is 3. The van der Waals surface area contributed by atoms with E-state index in [0.29, 0.717) is 19.1 Å². The van der Waals surface area contributed by atoms with Crippen molar-refractivity contribution in [2.75, 3.05) is 39.5 Å². The monoisotopic (exact) mass is 463 g/mol. The second-order valence-electron chi connectivity index (χ2n) is 8.09. The predicted octanol–water partition coefficient (Wildman–Crippen LogP) is 1.58. The van der Waals surface area contributed by atoms with Crippen LogP contribution in [-0.4, -0.2) is 82.2 Å². The van der Waals surface area contributed by atoms with Crippen LogP contribution in [0.1, 0.15) is 18.4 Å². The van der Waals surface area contributed by atoms with E-state index in [1.165, 1.54) is 5.56 Å². The van der Waals surface area contributed by atoms with Gasteiger partial charge >= 0.3 is 0 Å². The molecule has 2 saturated heterocycles. The lowest BCUT2D eigenvalue weighted by molar-refractivity contribution is -0.123. The summed E-state index contributed by atoms with van der Waals surface area (Å²) in [5, 5.41) is 23.7. The van der Waals surface area contributed by atoms with Gasteiger partial charge in [0.05, 0.1) is 26.1 Å². The van der Waals surface area contributed by atoms with Crippen LogP contribution < -0.4 is 4.74 Å². The Morgan fingerprint density at radius 2 is 2.06 bits per heavy atom. The fourth-order valence-corrected chi connectivity index (χ4v) is 4.40. The van der Waals surface area contributed by atoms with Crippen LogP contribution in [0.5, 0.6) is 5.75 Å². The van der Waals surface area contributed by atoms with Gasteiger partial charge in [-0.3, -0.25) is 14.5 Å². The molecule has 4 rings (SSSR count). The molecule has 2 fully saturated rings. The van der Waals surface area contributed by atoms with E-state index in [1.807, 2.05) is 18.6 Å². The molecule has 10 heteroatoms. The summed E-state index contributed by atoms with van der Waals surface area (Å²) >= 11 is 0. The summed E-state index contributed by atoms with van der Waals surface area (Å²) < 4.78 is 13.7. The lowest BCUT2D eigenvalue weighted by Gasteiger charge is -2.36. The zero-order valence-corrected chi connectivity index (χ0v) is 18.7. The molecule has 2 aliphatic heterocycles. The second-order valence-corrected chi connectivity index (χ2v) is 8.09. The van der Waals surface area contributed by atoms with Crippen LogP contribution >= 0.6 is 0 Å². The van der Waals surface area contributed by atoms with Gasteiger partial charge in [-0.05, 0) is 36.5 Å². The molecule has 0 amide bonds. The number of likely N-dealkylation sites (tertiary alicyclic amines) is 1. The van der Waals surface area contributed by atoms with Crippen LogP contribution in [0.15, 0.2) is 43.0 Å². The number of hydrogen-bond donors (Lipinski definition) is 3. The van der Waals surface area contributed by atoms with Gasteiger partial charge in [0.15, 0.2) is 0 Å².